The van der Waals surface area contributed by atoms with Crippen molar-refractivity contribution in [3.05, 3.63) is 52.5 Å². The van der Waals surface area contributed by atoms with Gasteiger partial charge in [-0.2, -0.15) is 0 Å². The molecule has 0 N–H and O–H groups in total. The Labute approximate surface area is 88.3 Å². The minimum atomic E-state index is -1.02. The van der Waals surface area contributed by atoms with Crippen LogP contribution in [-0.2, 0) is 0 Å². The second kappa shape index (κ2) is 3.86. The minimum absolute atomic E-state index is 0.123. The number of rotatable bonds is 2. The fourth-order valence-corrected chi connectivity index (χ4v) is 1.67. The van der Waals surface area contributed by atoms with Gasteiger partial charge in [-0.05, 0) is 35.8 Å². The molecule has 2 rings (SSSR count). The highest BCUT2D eigenvalue weighted by Gasteiger charge is 2.12. The van der Waals surface area contributed by atoms with Crippen LogP contribution < -0.4 is 0 Å². The molecule has 0 saturated carbocycles. The highest BCUT2D eigenvalue weighted by Crippen LogP contribution is 2.15. The molecule has 1 heterocycles. The van der Waals surface area contributed by atoms with Gasteiger partial charge in [0.25, 0.3) is 0 Å². The minimum Gasteiger partial charge on any atom is -0.288 e. The van der Waals surface area contributed by atoms with Crippen LogP contribution in [0.2, 0.25) is 0 Å². The van der Waals surface area contributed by atoms with E-state index in [4.69, 9.17) is 0 Å². The number of ketones is 1. The van der Waals surface area contributed by atoms with Crippen LogP contribution in [0.1, 0.15) is 15.2 Å². The highest BCUT2D eigenvalue weighted by atomic mass is 32.1. The third-order valence-electron chi connectivity index (χ3n) is 1.84. The topological polar surface area (TPSA) is 30.0 Å². The number of benzene rings is 1. The molecular weight excluding hydrogens is 220 g/mol. The Bertz CT molecular complexity index is 496. The van der Waals surface area contributed by atoms with Crippen LogP contribution in [0.3, 0.4) is 0 Å². The molecule has 0 aliphatic heterocycles. The first kappa shape index (κ1) is 9.92. The maximum atomic E-state index is 12.8. The molecule has 0 aliphatic carbocycles. The number of hydrogen-bond acceptors (Lipinski definition) is 3. The monoisotopic (exact) mass is 225 g/mol. The molecule has 0 fully saturated rings. The number of nitrogens with zero attached hydrogens (tertiary/aromatic N) is 1. The van der Waals surface area contributed by atoms with E-state index in [2.05, 4.69) is 4.37 Å². The van der Waals surface area contributed by atoms with E-state index in [9.17, 15) is 13.6 Å². The third kappa shape index (κ3) is 1.92. The van der Waals surface area contributed by atoms with E-state index in [1.807, 2.05) is 0 Å². The van der Waals surface area contributed by atoms with E-state index >= 15 is 0 Å². The van der Waals surface area contributed by atoms with Gasteiger partial charge in [-0.3, -0.25) is 4.79 Å². The van der Waals surface area contributed by atoms with Crippen LogP contribution in [0.4, 0.5) is 8.78 Å². The molecule has 15 heavy (non-hydrogen) atoms. The number of halogens is 2. The molecule has 0 radical (unpaired) electrons. The molecule has 2 nitrogen and oxygen atoms in total. The van der Waals surface area contributed by atoms with Gasteiger partial charge >= 0.3 is 0 Å². The smallest absolute Gasteiger partial charge is 0.204 e. The van der Waals surface area contributed by atoms with Crippen molar-refractivity contribution in [1.29, 1.82) is 0 Å². The molecule has 0 unspecified atom stereocenters. The van der Waals surface area contributed by atoms with Crippen molar-refractivity contribution >= 4 is 17.3 Å². The van der Waals surface area contributed by atoms with E-state index in [0.29, 0.717) is 4.88 Å². The summed E-state index contributed by atoms with van der Waals surface area (Å²) in [6.07, 6.45) is 1.48. The van der Waals surface area contributed by atoms with Gasteiger partial charge < -0.3 is 0 Å². The van der Waals surface area contributed by atoms with E-state index < -0.39 is 11.6 Å². The van der Waals surface area contributed by atoms with Crippen molar-refractivity contribution in [2.24, 2.45) is 0 Å². The lowest BCUT2D eigenvalue weighted by Gasteiger charge is -1.98. The van der Waals surface area contributed by atoms with E-state index in [0.717, 1.165) is 23.7 Å². The number of carbonyl (C=O) groups is 1. The maximum Gasteiger partial charge on any atom is 0.204 e. The molecule has 0 amide bonds. The lowest BCUT2D eigenvalue weighted by atomic mass is 10.1. The van der Waals surface area contributed by atoms with Crippen molar-refractivity contribution in [2.75, 3.05) is 0 Å². The Balaban J connectivity index is 2.39. The second-order valence-electron chi connectivity index (χ2n) is 2.83. The Kier molecular flexibility index (Phi) is 2.55. The second-order valence-corrected chi connectivity index (χ2v) is 3.67. The average molecular weight is 225 g/mol. The van der Waals surface area contributed by atoms with Gasteiger partial charge in [0.2, 0.25) is 5.78 Å². The number of aromatic nitrogens is 1. The summed E-state index contributed by atoms with van der Waals surface area (Å²) in [4.78, 5) is 12.1. The van der Waals surface area contributed by atoms with Crippen molar-refractivity contribution in [2.45, 2.75) is 0 Å². The molecule has 1 aromatic heterocycles. The molecule has 0 saturated heterocycles. The van der Waals surface area contributed by atoms with Gasteiger partial charge in [0.15, 0.2) is 11.6 Å². The lowest BCUT2D eigenvalue weighted by molar-refractivity contribution is 0.104. The first-order valence-corrected chi connectivity index (χ1v) is 4.86. The maximum absolute atomic E-state index is 12.8. The Morgan fingerprint density at radius 3 is 2.60 bits per heavy atom. The third-order valence-corrected chi connectivity index (χ3v) is 2.59. The highest BCUT2D eigenvalue weighted by molar-refractivity contribution is 7.08. The van der Waals surface area contributed by atoms with E-state index in [1.165, 1.54) is 18.3 Å². The molecule has 0 bridgehead atoms. The normalized spacial score (nSPS) is 10.3. The predicted molar refractivity (Wildman–Crippen MR) is 51.9 cm³/mol. The summed E-state index contributed by atoms with van der Waals surface area (Å²) >= 11 is 1.02. The van der Waals surface area contributed by atoms with Crippen LogP contribution in [0, 0.1) is 11.6 Å². The fourth-order valence-electron chi connectivity index (χ4n) is 1.11. The summed E-state index contributed by atoms with van der Waals surface area (Å²) in [6.45, 7) is 0. The van der Waals surface area contributed by atoms with Gasteiger partial charge in [-0.1, -0.05) is 0 Å². The van der Waals surface area contributed by atoms with Gasteiger partial charge in [0.05, 0.1) is 4.88 Å². The standard InChI is InChI=1S/C10H5F2NOS/c11-7-2-1-6(5-8(7)12)10(14)9-3-4-13-15-9/h1-5H. The molecule has 0 spiro atoms. The first-order chi connectivity index (χ1) is 7.18. The van der Waals surface area contributed by atoms with Gasteiger partial charge in [-0.15, -0.1) is 0 Å². The zero-order chi connectivity index (χ0) is 10.8. The molecule has 2 aromatic rings. The molecule has 76 valence electrons. The van der Waals surface area contributed by atoms with Crippen LogP contribution >= 0.6 is 11.5 Å². The summed E-state index contributed by atoms with van der Waals surface area (Å²) in [5.41, 5.74) is 0.123. The Hall–Kier alpha value is -1.62. The van der Waals surface area contributed by atoms with Crippen LogP contribution in [0.25, 0.3) is 0 Å². The lowest BCUT2D eigenvalue weighted by Crippen LogP contribution is -2.00. The SMILES string of the molecule is O=C(c1ccc(F)c(F)c1)c1ccns1. The van der Waals surface area contributed by atoms with E-state index in [-0.39, 0.29) is 11.3 Å². The van der Waals surface area contributed by atoms with Gasteiger partial charge in [0, 0.05) is 11.8 Å². The van der Waals surface area contributed by atoms with Crippen molar-refractivity contribution in [1.82, 2.24) is 4.37 Å². The van der Waals surface area contributed by atoms with Crippen molar-refractivity contribution in [3.8, 4) is 0 Å². The number of carbonyl (C=O) groups excluding carboxylic acids is 1. The molecule has 1 aromatic carbocycles. The van der Waals surface area contributed by atoms with Crippen LogP contribution in [0.5, 0.6) is 0 Å². The Morgan fingerprint density at radius 1 is 1.20 bits per heavy atom. The van der Waals surface area contributed by atoms with Gasteiger partial charge in [-0.25, -0.2) is 13.2 Å². The first-order valence-electron chi connectivity index (χ1n) is 4.09. The summed E-state index contributed by atoms with van der Waals surface area (Å²) in [6, 6.07) is 4.61. The zero-order valence-electron chi connectivity index (χ0n) is 7.41. The number of hydrogen-bond donors (Lipinski definition) is 0. The molecule has 0 atom stereocenters. The molecular formula is C10H5F2NOS. The largest absolute Gasteiger partial charge is 0.288 e. The van der Waals surface area contributed by atoms with Gasteiger partial charge in [0.1, 0.15) is 0 Å². The van der Waals surface area contributed by atoms with Crippen molar-refractivity contribution < 1.29 is 13.6 Å². The molecule has 0 aliphatic rings. The van der Waals surface area contributed by atoms with Crippen molar-refractivity contribution in [3.63, 3.8) is 0 Å². The quantitative estimate of drug-likeness (QED) is 0.735. The zero-order valence-corrected chi connectivity index (χ0v) is 8.22. The fraction of sp³-hybridized carbons (Fsp3) is 0. The van der Waals surface area contributed by atoms with Crippen LogP contribution in [0.15, 0.2) is 30.5 Å². The van der Waals surface area contributed by atoms with Crippen LogP contribution in [-0.4, -0.2) is 10.2 Å². The molecule has 5 heteroatoms. The summed E-state index contributed by atoms with van der Waals surface area (Å²) in [7, 11) is 0. The summed E-state index contributed by atoms with van der Waals surface area (Å²) in [5.74, 6) is -2.34. The van der Waals surface area contributed by atoms with E-state index in [1.54, 1.807) is 0 Å². The average Bonchev–Trinajstić information content (AvgIpc) is 2.74. The summed E-state index contributed by atoms with van der Waals surface area (Å²) in [5, 5.41) is 0. The summed E-state index contributed by atoms with van der Waals surface area (Å²) < 4.78 is 29.2. The Morgan fingerprint density at radius 2 is 2.00 bits per heavy atom. The predicted octanol–water partition coefficient (Wildman–Crippen LogP) is 2.65.